The van der Waals surface area contributed by atoms with Crippen molar-refractivity contribution in [1.29, 1.82) is 0 Å². The molecule has 0 radical (unpaired) electrons. The van der Waals surface area contributed by atoms with Crippen LogP contribution in [0.25, 0.3) is 0 Å². The molecule has 0 spiro atoms. The number of ether oxygens (including phenoxy) is 1. The average Bonchev–Trinajstić information content (AvgIpc) is 2.35. The van der Waals surface area contributed by atoms with Crippen LogP contribution in [0.5, 0.6) is 0 Å². The molecule has 0 bridgehead atoms. The van der Waals surface area contributed by atoms with Crippen LogP contribution in [0.1, 0.15) is 11.7 Å². The molecule has 0 N–H and O–H groups in total. The van der Waals surface area contributed by atoms with Crippen molar-refractivity contribution in [2.45, 2.75) is 6.10 Å². The van der Waals surface area contributed by atoms with E-state index < -0.39 is 0 Å². The van der Waals surface area contributed by atoms with Crippen LogP contribution < -0.4 is 0 Å². The highest BCUT2D eigenvalue weighted by Crippen LogP contribution is 2.25. The molecule has 1 rings (SSSR count). The predicted octanol–water partition coefficient (Wildman–Crippen LogP) is 2.51. The van der Waals surface area contributed by atoms with Crippen molar-refractivity contribution in [2.75, 3.05) is 41.8 Å². The van der Waals surface area contributed by atoms with Gasteiger partial charge in [-0.25, -0.2) is 4.99 Å². The maximum atomic E-state index is 6.19. The largest absolute Gasteiger partial charge is 0.375 e. The second-order valence-electron chi connectivity index (χ2n) is 4.68. The first-order valence-corrected chi connectivity index (χ1v) is 6.51. The first kappa shape index (κ1) is 15.8. The van der Waals surface area contributed by atoms with E-state index >= 15 is 0 Å². The van der Waals surface area contributed by atoms with Gasteiger partial charge in [-0.2, -0.15) is 0 Å². The van der Waals surface area contributed by atoms with Gasteiger partial charge in [0, 0.05) is 45.9 Å². The molecule has 5 heteroatoms. The summed E-state index contributed by atoms with van der Waals surface area (Å²) in [4.78, 5) is 8.54. The number of hydrogen-bond donors (Lipinski definition) is 0. The zero-order valence-corrected chi connectivity index (χ0v) is 13.0. The summed E-state index contributed by atoms with van der Waals surface area (Å²) in [6, 6.07) is 7.70. The Hall–Kier alpha value is -1.26. The molecule has 1 atom stereocenters. The Labute approximate surface area is 120 Å². The molecule has 106 valence electrons. The van der Waals surface area contributed by atoms with Gasteiger partial charge in [-0.05, 0) is 6.07 Å². The third kappa shape index (κ3) is 4.40. The molecule has 0 heterocycles. The zero-order valence-electron chi connectivity index (χ0n) is 12.2. The Morgan fingerprint density at radius 2 is 1.79 bits per heavy atom. The molecule has 1 aromatic rings. The molecule has 19 heavy (non-hydrogen) atoms. The fourth-order valence-electron chi connectivity index (χ4n) is 1.88. The third-order valence-corrected chi connectivity index (χ3v) is 3.08. The highest BCUT2D eigenvalue weighted by atomic mass is 35.5. The Morgan fingerprint density at radius 1 is 1.21 bits per heavy atom. The second kappa shape index (κ2) is 7.36. The standard InChI is InChI=1S/C14H22ClN3O/c1-17(2)14(18(3)4)16-10-13(19-5)11-8-6-7-9-12(11)15/h6-9,13H,10H2,1-5H3. The van der Waals surface area contributed by atoms with Gasteiger partial charge in [0.1, 0.15) is 6.10 Å². The van der Waals surface area contributed by atoms with E-state index in [2.05, 4.69) is 4.99 Å². The van der Waals surface area contributed by atoms with E-state index in [-0.39, 0.29) is 6.10 Å². The molecule has 1 unspecified atom stereocenters. The van der Waals surface area contributed by atoms with Gasteiger partial charge < -0.3 is 14.5 Å². The molecule has 0 aromatic heterocycles. The number of rotatable bonds is 4. The van der Waals surface area contributed by atoms with Crippen LogP contribution in [0.3, 0.4) is 0 Å². The summed E-state index contributed by atoms with van der Waals surface area (Å²) in [7, 11) is 9.55. The number of methoxy groups -OCH3 is 1. The van der Waals surface area contributed by atoms with Crippen LogP contribution in [-0.4, -0.2) is 57.6 Å². The van der Waals surface area contributed by atoms with E-state index in [1.807, 2.05) is 62.3 Å². The van der Waals surface area contributed by atoms with Crippen molar-refractivity contribution in [1.82, 2.24) is 9.80 Å². The molecule has 1 aromatic carbocycles. The lowest BCUT2D eigenvalue weighted by molar-refractivity contribution is 0.110. The average molecular weight is 284 g/mol. The Bertz CT molecular complexity index is 422. The third-order valence-electron chi connectivity index (χ3n) is 2.74. The van der Waals surface area contributed by atoms with Crippen molar-refractivity contribution in [3.05, 3.63) is 34.9 Å². The summed E-state index contributed by atoms with van der Waals surface area (Å²) in [5, 5.41) is 0.709. The quantitative estimate of drug-likeness (QED) is 0.628. The van der Waals surface area contributed by atoms with Gasteiger partial charge in [-0.1, -0.05) is 29.8 Å². The normalized spacial score (nSPS) is 11.9. The molecule has 0 amide bonds. The molecule has 0 fully saturated rings. The van der Waals surface area contributed by atoms with Gasteiger partial charge in [0.25, 0.3) is 0 Å². The molecule has 0 saturated carbocycles. The Balaban J connectivity index is 2.89. The van der Waals surface area contributed by atoms with Crippen molar-refractivity contribution in [3.8, 4) is 0 Å². The highest BCUT2D eigenvalue weighted by Gasteiger charge is 2.14. The lowest BCUT2D eigenvalue weighted by Crippen LogP contribution is -2.35. The van der Waals surface area contributed by atoms with E-state index in [1.54, 1.807) is 7.11 Å². The summed E-state index contributed by atoms with van der Waals surface area (Å²) in [6.07, 6.45) is -0.136. The molecular weight excluding hydrogens is 262 g/mol. The first-order valence-electron chi connectivity index (χ1n) is 6.13. The summed E-state index contributed by atoms with van der Waals surface area (Å²) < 4.78 is 5.50. The monoisotopic (exact) mass is 283 g/mol. The summed E-state index contributed by atoms with van der Waals surface area (Å²) >= 11 is 6.19. The Morgan fingerprint density at radius 3 is 2.26 bits per heavy atom. The van der Waals surface area contributed by atoms with Gasteiger partial charge >= 0.3 is 0 Å². The van der Waals surface area contributed by atoms with Crippen molar-refractivity contribution in [3.63, 3.8) is 0 Å². The van der Waals surface area contributed by atoms with Gasteiger partial charge in [-0.3, -0.25) is 0 Å². The SMILES string of the molecule is COC(CN=C(N(C)C)N(C)C)c1ccccc1Cl. The van der Waals surface area contributed by atoms with E-state index in [0.29, 0.717) is 11.6 Å². The fraction of sp³-hybridized carbons (Fsp3) is 0.500. The van der Waals surface area contributed by atoms with Gasteiger partial charge in [0.15, 0.2) is 5.96 Å². The lowest BCUT2D eigenvalue weighted by Gasteiger charge is -2.24. The van der Waals surface area contributed by atoms with Gasteiger partial charge in [-0.15, -0.1) is 0 Å². The topological polar surface area (TPSA) is 28.1 Å². The number of hydrogen-bond acceptors (Lipinski definition) is 2. The molecule has 0 aliphatic heterocycles. The maximum absolute atomic E-state index is 6.19. The number of guanidine groups is 1. The first-order chi connectivity index (χ1) is 8.97. The fourth-order valence-corrected chi connectivity index (χ4v) is 2.14. The number of benzene rings is 1. The maximum Gasteiger partial charge on any atom is 0.195 e. The summed E-state index contributed by atoms with van der Waals surface area (Å²) in [5.74, 6) is 0.897. The number of nitrogens with zero attached hydrogens (tertiary/aromatic N) is 3. The van der Waals surface area contributed by atoms with Crippen molar-refractivity contribution in [2.24, 2.45) is 4.99 Å². The molecule has 0 aliphatic rings. The lowest BCUT2D eigenvalue weighted by atomic mass is 10.1. The van der Waals surface area contributed by atoms with Crippen LogP contribution in [0, 0.1) is 0 Å². The molecule has 0 aliphatic carbocycles. The number of aliphatic imine (C=N–C) groups is 1. The van der Waals surface area contributed by atoms with Gasteiger partial charge in [0.2, 0.25) is 0 Å². The smallest absolute Gasteiger partial charge is 0.195 e. The minimum absolute atomic E-state index is 0.136. The minimum Gasteiger partial charge on any atom is -0.375 e. The van der Waals surface area contributed by atoms with Crippen LogP contribution in [0.2, 0.25) is 5.02 Å². The zero-order chi connectivity index (χ0) is 14.4. The van der Waals surface area contributed by atoms with Gasteiger partial charge in [0.05, 0.1) is 6.54 Å². The summed E-state index contributed by atoms with van der Waals surface area (Å²) in [6.45, 7) is 0.534. The molecular formula is C14H22ClN3O. The summed E-state index contributed by atoms with van der Waals surface area (Å²) in [5.41, 5.74) is 0.965. The van der Waals surface area contributed by atoms with Crippen LogP contribution >= 0.6 is 11.6 Å². The Kier molecular flexibility index (Phi) is 6.12. The van der Waals surface area contributed by atoms with Crippen molar-refractivity contribution < 1.29 is 4.74 Å². The van der Waals surface area contributed by atoms with Crippen molar-refractivity contribution >= 4 is 17.6 Å². The van der Waals surface area contributed by atoms with E-state index in [1.165, 1.54) is 0 Å². The highest BCUT2D eigenvalue weighted by molar-refractivity contribution is 6.31. The molecule has 4 nitrogen and oxygen atoms in total. The van der Waals surface area contributed by atoms with E-state index in [4.69, 9.17) is 16.3 Å². The van der Waals surface area contributed by atoms with Crippen LogP contribution in [-0.2, 0) is 4.74 Å². The minimum atomic E-state index is -0.136. The predicted molar refractivity (Wildman–Crippen MR) is 80.9 cm³/mol. The molecule has 0 saturated heterocycles. The van der Waals surface area contributed by atoms with Crippen LogP contribution in [0.4, 0.5) is 0 Å². The van der Waals surface area contributed by atoms with E-state index in [9.17, 15) is 0 Å². The van der Waals surface area contributed by atoms with E-state index in [0.717, 1.165) is 11.5 Å². The number of halogens is 1. The second-order valence-corrected chi connectivity index (χ2v) is 5.08. The van der Waals surface area contributed by atoms with Crippen LogP contribution in [0.15, 0.2) is 29.3 Å².